The molecule has 12 heteroatoms. The molecule has 1 atom stereocenters. The Morgan fingerprint density at radius 2 is 2.00 bits per heavy atom. The third-order valence-electron chi connectivity index (χ3n) is 3.98. The summed E-state index contributed by atoms with van der Waals surface area (Å²) in [6.07, 6.45) is 1.87. The van der Waals surface area contributed by atoms with E-state index >= 15 is 0 Å². The number of imidazole rings is 1. The van der Waals surface area contributed by atoms with Crippen LogP contribution in [0.3, 0.4) is 0 Å². The third-order valence-corrected chi connectivity index (χ3v) is 6.16. The summed E-state index contributed by atoms with van der Waals surface area (Å²) in [6.45, 7) is 2.19. The minimum atomic E-state index is -4.64. The van der Waals surface area contributed by atoms with Gasteiger partial charge < -0.3 is 23.7 Å². The summed E-state index contributed by atoms with van der Waals surface area (Å²) in [5.41, 5.74) is -3.69. The molecule has 0 bridgehead atoms. The van der Waals surface area contributed by atoms with E-state index in [0.717, 1.165) is 0 Å². The number of nitrogens with one attached hydrogen (secondary N) is 1. The highest BCUT2D eigenvalue weighted by atomic mass is 31.2. The van der Waals surface area contributed by atoms with Crippen LogP contribution in [0.4, 0.5) is 8.78 Å². The van der Waals surface area contributed by atoms with Crippen molar-refractivity contribution < 1.29 is 27.5 Å². The van der Waals surface area contributed by atoms with Gasteiger partial charge in [-0.1, -0.05) is 0 Å². The molecule has 0 aliphatic rings. The standard InChI is InChI=1S/C15H23F2N4O5P/c1-3-25-27(24,26-4-2)15(16,17)7-11(8-22)5-6-21-10-20-12-13(21)18-9-19-14(12)23/h9-11,22H,3-8H2,1-2H3,(H,18,19,23). The third kappa shape index (κ3) is 4.78. The van der Waals surface area contributed by atoms with Gasteiger partial charge in [0.1, 0.15) is 0 Å². The van der Waals surface area contributed by atoms with E-state index in [1.165, 1.54) is 31.1 Å². The summed E-state index contributed by atoms with van der Waals surface area (Å²) in [5.74, 6) is -0.867. The van der Waals surface area contributed by atoms with Crippen LogP contribution in [0.2, 0.25) is 0 Å². The molecule has 2 rings (SSSR count). The van der Waals surface area contributed by atoms with E-state index in [1.807, 2.05) is 0 Å². The van der Waals surface area contributed by atoms with Gasteiger partial charge in [-0.25, -0.2) is 9.97 Å². The summed E-state index contributed by atoms with van der Waals surface area (Å²) in [7, 11) is -4.64. The highest BCUT2D eigenvalue weighted by Gasteiger charge is 2.53. The number of aromatic amines is 1. The Bertz CT molecular complexity index is 846. The topological polar surface area (TPSA) is 119 Å². The first kappa shape index (κ1) is 21.6. The van der Waals surface area contributed by atoms with Crippen molar-refractivity contribution in [3.63, 3.8) is 0 Å². The van der Waals surface area contributed by atoms with E-state index in [0.29, 0.717) is 5.65 Å². The summed E-state index contributed by atoms with van der Waals surface area (Å²) < 4.78 is 52.5. The van der Waals surface area contributed by atoms with Crippen molar-refractivity contribution in [1.82, 2.24) is 19.5 Å². The minimum Gasteiger partial charge on any atom is -0.396 e. The molecule has 0 spiro atoms. The minimum absolute atomic E-state index is 0.129. The van der Waals surface area contributed by atoms with Crippen LogP contribution in [-0.4, -0.2) is 50.1 Å². The second kappa shape index (κ2) is 9.01. The number of halogens is 2. The second-order valence-electron chi connectivity index (χ2n) is 5.88. The number of alkyl halides is 2. The molecule has 27 heavy (non-hydrogen) atoms. The average molecular weight is 408 g/mol. The second-order valence-corrected chi connectivity index (χ2v) is 8.05. The lowest BCUT2D eigenvalue weighted by Gasteiger charge is -2.28. The molecule has 0 saturated carbocycles. The molecule has 2 aromatic rings. The van der Waals surface area contributed by atoms with Crippen LogP contribution in [0.5, 0.6) is 0 Å². The molecule has 0 radical (unpaired) electrons. The Morgan fingerprint density at radius 3 is 2.59 bits per heavy atom. The van der Waals surface area contributed by atoms with E-state index in [4.69, 9.17) is 9.05 Å². The first-order chi connectivity index (χ1) is 12.8. The zero-order valence-corrected chi connectivity index (χ0v) is 16.0. The normalized spacial score (nSPS) is 14.0. The number of aliphatic hydroxyl groups is 1. The largest absolute Gasteiger partial charge is 0.399 e. The first-order valence-electron chi connectivity index (χ1n) is 8.54. The van der Waals surface area contributed by atoms with Gasteiger partial charge in [-0.2, -0.15) is 8.78 Å². The molecule has 0 aliphatic heterocycles. The molecule has 0 aliphatic carbocycles. The molecule has 2 aromatic heterocycles. The van der Waals surface area contributed by atoms with Crippen molar-refractivity contribution in [1.29, 1.82) is 0 Å². The Labute approximate surface area is 154 Å². The Kier molecular flexibility index (Phi) is 7.21. The molecule has 2 N–H and O–H groups in total. The van der Waals surface area contributed by atoms with Gasteiger partial charge in [0.2, 0.25) is 0 Å². The van der Waals surface area contributed by atoms with Crippen molar-refractivity contribution in [2.24, 2.45) is 5.92 Å². The Balaban J connectivity index is 2.11. The van der Waals surface area contributed by atoms with Crippen LogP contribution in [0.15, 0.2) is 17.4 Å². The van der Waals surface area contributed by atoms with Gasteiger partial charge in [0.15, 0.2) is 11.2 Å². The van der Waals surface area contributed by atoms with E-state index in [2.05, 4.69) is 15.0 Å². The molecule has 0 saturated heterocycles. The van der Waals surface area contributed by atoms with Crippen LogP contribution in [0, 0.1) is 5.92 Å². The number of rotatable bonds is 11. The van der Waals surface area contributed by atoms with E-state index in [-0.39, 0.29) is 31.7 Å². The fourth-order valence-corrected chi connectivity index (χ4v) is 4.27. The molecule has 0 fully saturated rings. The number of H-pyrrole nitrogens is 1. The van der Waals surface area contributed by atoms with Crippen LogP contribution in [-0.2, 0) is 20.2 Å². The predicted octanol–water partition coefficient (Wildman–Crippen LogP) is 2.37. The van der Waals surface area contributed by atoms with Gasteiger partial charge in [-0.3, -0.25) is 9.36 Å². The monoisotopic (exact) mass is 408 g/mol. The fraction of sp³-hybridized carbons (Fsp3) is 0.667. The molecule has 0 aromatic carbocycles. The Morgan fingerprint density at radius 1 is 1.33 bits per heavy atom. The zero-order valence-electron chi connectivity index (χ0n) is 15.1. The van der Waals surface area contributed by atoms with Crippen molar-refractivity contribution in [2.75, 3.05) is 19.8 Å². The van der Waals surface area contributed by atoms with Gasteiger partial charge in [-0.05, 0) is 26.2 Å². The quantitative estimate of drug-likeness (QED) is 0.548. The fourth-order valence-electron chi connectivity index (χ4n) is 2.66. The first-order valence-corrected chi connectivity index (χ1v) is 10.1. The lowest BCUT2D eigenvalue weighted by atomic mass is 10.0. The summed E-state index contributed by atoms with van der Waals surface area (Å²) >= 11 is 0. The van der Waals surface area contributed by atoms with Gasteiger partial charge in [0, 0.05) is 19.6 Å². The molecular formula is C15H23F2N4O5P. The van der Waals surface area contributed by atoms with Crippen molar-refractivity contribution >= 4 is 18.8 Å². The number of aromatic nitrogens is 4. The van der Waals surface area contributed by atoms with E-state index in [1.54, 1.807) is 0 Å². The summed E-state index contributed by atoms with van der Waals surface area (Å²) in [5, 5.41) is 9.50. The molecule has 0 amide bonds. The maximum absolute atomic E-state index is 14.6. The van der Waals surface area contributed by atoms with E-state index in [9.17, 15) is 23.2 Å². The predicted molar refractivity (Wildman–Crippen MR) is 93.8 cm³/mol. The van der Waals surface area contributed by atoms with Crippen molar-refractivity contribution in [2.45, 2.75) is 38.9 Å². The molecular weight excluding hydrogens is 385 g/mol. The van der Waals surface area contributed by atoms with Gasteiger partial charge in [0.25, 0.3) is 5.56 Å². The van der Waals surface area contributed by atoms with Crippen LogP contribution >= 0.6 is 7.60 Å². The highest BCUT2D eigenvalue weighted by Crippen LogP contribution is 2.64. The van der Waals surface area contributed by atoms with Crippen LogP contribution < -0.4 is 5.56 Å². The smallest absolute Gasteiger partial charge is 0.396 e. The molecule has 1 unspecified atom stereocenters. The maximum Gasteiger partial charge on any atom is 0.399 e. The van der Waals surface area contributed by atoms with Crippen LogP contribution in [0.25, 0.3) is 11.2 Å². The van der Waals surface area contributed by atoms with Crippen LogP contribution in [0.1, 0.15) is 26.7 Å². The van der Waals surface area contributed by atoms with E-state index < -0.39 is 37.8 Å². The highest BCUT2D eigenvalue weighted by molar-refractivity contribution is 7.55. The number of hydrogen-bond acceptors (Lipinski definition) is 7. The number of aliphatic hydroxyl groups excluding tert-OH is 1. The number of fused-ring (bicyclic) bond motifs is 1. The molecule has 9 nitrogen and oxygen atoms in total. The maximum atomic E-state index is 14.6. The van der Waals surface area contributed by atoms with Gasteiger partial charge in [0.05, 0.1) is 25.9 Å². The number of hydrogen-bond donors (Lipinski definition) is 2. The summed E-state index contributed by atoms with van der Waals surface area (Å²) in [4.78, 5) is 22.0. The average Bonchev–Trinajstić information content (AvgIpc) is 3.03. The number of nitrogens with zero attached hydrogens (tertiary/aromatic N) is 3. The lowest BCUT2D eigenvalue weighted by molar-refractivity contribution is 0.00766. The number of aryl methyl sites for hydroxylation is 1. The SMILES string of the molecule is CCOP(=O)(OCC)C(F)(F)CC(CO)CCn1cnc2c(=O)[nH]cnc21. The summed E-state index contributed by atoms with van der Waals surface area (Å²) in [6, 6.07) is 0. The zero-order chi connectivity index (χ0) is 20.1. The van der Waals surface area contributed by atoms with Gasteiger partial charge >= 0.3 is 13.3 Å². The molecule has 152 valence electrons. The molecule has 2 heterocycles. The van der Waals surface area contributed by atoms with Crippen molar-refractivity contribution in [3.8, 4) is 0 Å². The van der Waals surface area contributed by atoms with Gasteiger partial charge in [-0.15, -0.1) is 0 Å². The Hall–Kier alpha value is -1.68. The van der Waals surface area contributed by atoms with Crippen molar-refractivity contribution in [3.05, 3.63) is 23.0 Å². The lowest BCUT2D eigenvalue weighted by Crippen LogP contribution is -2.26.